The zero-order chi connectivity index (χ0) is 18.2. The lowest BCUT2D eigenvalue weighted by Gasteiger charge is -2.18. The molecular weight excluding hydrogens is 342 g/mol. The van der Waals surface area contributed by atoms with E-state index in [0.717, 1.165) is 15.3 Å². The maximum atomic E-state index is 13.0. The van der Waals surface area contributed by atoms with Crippen LogP contribution in [0, 0.1) is 13.8 Å². The van der Waals surface area contributed by atoms with Gasteiger partial charge in [0.05, 0.1) is 10.6 Å². The van der Waals surface area contributed by atoms with E-state index >= 15 is 0 Å². The highest BCUT2D eigenvalue weighted by Crippen LogP contribution is 2.30. The number of aryl methyl sites for hydroxylation is 2. The van der Waals surface area contributed by atoms with E-state index in [1.807, 2.05) is 48.5 Å². The third-order valence-electron chi connectivity index (χ3n) is 3.80. The van der Waals surface area contributed by atoms with Gasteiger partial charge in [-0.15, -0.1) is 11.3 Å². The predicted molar refractivity (Wildman–Crippen MR) is 102 cm³/mol. The van der Waals surface area contributed by atoms with E-state index in [1.165, 1.54) is 23.1 Å². The molecule has 2 aromatic rings. The van der Waals surface area contributed by atoms with Crippen molar-refractivity contribution in [3.63, 3.8) is 0 Å². The molecule has 0 saturated carbocycles. The van der Waals surface area contributed by atoms with Crippen molar-refractivity contribution in [1.29, 1.82) is 0 Å². The summed E-state index contributed by atoms with van der Waals surface area (Å²) in [6.07, 6.45) is 0. The number of carbonyl (C=O) groups excluding carboxylic acids is 1. The number of aromatic nitrogens is 2. The molecule has 7 heteroatoms. The number of thiophene rings is 1. The number of hydrogen-bond donors (Lipinski definition) is 1. The maximum Gasteiger partial charge on any atom is 0.263 e. The number of rotatable bonds is 5. The Labute approximate surface area is 150 Å². The lowest BCUT2D eigenvalue weighted by Crippen LogP contribution is -2.36. The Morgan fingerprint density at radius 2 is 1.83 bits per heavy atom. The minimum Gasteiger partial charge on any atom is -0.353 e. The minimum atomic E-state index is -0.316. The van der Waals surface area contributed by atoms with Crippen LogP contribution in [0.15, 0.2) is 9.95 Å². The van der Waals surface area contributed by atoms with E-state index in [2.05, 4.69) is 5.32 Å². The van der Waals surface area contributed by atoms with Crippen LogP contribution in [-0.4, -0.2) is 26.8 Å². The van der Waals surface area contributed by atoms with Crippen LogP contribution >= 0.6 is 23.1 Å². The third-order valence-corrected chi connectivity index (χ3v) is 5.97. The van der Waals surface area contributed by atoms with Crippen LogP contribution in [0.4, 0.5) is 0 Å². The van der Waals surface area contributed by atoms with E-state index in [0.29, 0.717) is 10.5 Å². The standard InChI is InChI=1S/C17H25N3O2S2/c1-8(2)18-14(21)12(7)24-17-19-15-13(10(5)11(6)23-15)16(22)20(17)9(3)4/h8-9,12H,1-7H3,(H,18,21). The number of carbonyl (C=O) groups is 1. The summed E-state index contributed by atoms with van der Waals surface area (Å²) in [5.74, 6) is -0.0433. The first-order valence-electron chi connectivity index (χ1n) is 8.12. The quantitative estimate of drug-likeness (QED) is 0.647. The highest BCUT2D eigenvalue weighted by Gasteiger charge is 2.22. The summed E-state index contributed by atoms with van der Waals surface area (Å²) < 4.78 is 1.70. The number of hydrogen-bond acceptors (Lipinski definition) is 5. The van der Waals surface area contributed by atoms with Crippen LogP contribution in [0.5, 0.6) is 0 Å². The smallest absolute Gasteiger partial charge is 0.263 e. The molecule has 1 N–H and O–H groups in total. The van der Waals surface area contributed by atoms with Gasteiger partial charge in [0, 0.05) is 17.0 Å². The summed E-state index contributed by atoms with van der Waals surface area (Å²) in [6, 6.07) is 0.0720. The molecule has 0 fully saturated rings. The Kier molecular flexibility index (Phi) is 5.75. The van der Waals surface area contributed by atoms with Gasteiger partial charge in [0.1, 0.15) is 4.83 Å². The Morgan fingerprint density at radius 3 is 2.38 bits per heavy atom. The van der Waals surface area contributed by atoms with Gasteiger partial charge in [0.25, 0.3) is 5.56 Å². The second kappa shape index (κ2) is 7.27. The van der Waals surface area contributed by atoms with Gasteiger partial charge in [-0.05, 0) is 54.0 Å². The predicted octanol–water partition coefficient (Wildman–Crippen LogP) is 3.66. The molecular formula is C17H25N3O2S2. The molecule has 0 aromatic carbocycles. The first kappa shape index (κ1) is 19.0. The molecule has 0 aliphatic rings. The van der Waals surface area contributed by atoms with Gasteiger partial charge in [-0.1, -0.05) is 11.8 Å². The fourth-order valence-electron chi connectivity index (χ4n) is 2.44. The van der Waals surface area contributed by atoms with Crippen molar-refractivity contribution in [1.82, 2.24) is 14.9 Å². The van der Waals surface area contributed by atoms with Gasteiger partial charge < -0.3 is 5.32 Å². The van der Waals surface area contributed by atoms with Gasteiger partial charge in [0.15, 0.2) is 5.16 Å². The molecule has 132 valence electrons. The van der Waals surface area contributed by atoms with E-state index in [4.69, 9.17) is 4.98 Å². The topological polar surface area (TPSA) is 64.0 Å². The summed E-state index contributed by atoms with van der Waals surface area (Å²) >= 11 is 2.87. The summed E-state index contributed by atoms with van der Waals surface area (Å²) in [4.78, 5) is 31.7. The molecule has 0 bridgehead atoms. The van der Waals surface area contributed by atoms with Crippen molar-refractivity contribution in [3.8, 4) is 0 Å². The maximum absolute atomic E-state index is 13.0. The van der Waals surface area contributed by atoms with E-state index in [-0.39, 0.29) is 28.8 Å². The average Bonchev–Trinajstić information content (AvgIpc) is 2.72. The van der Waals surface area contributed by atoms with Gasteiger partial charge in [-0.3, -0.25) is 14.2 Å². The van der Waals surface area contributed by atoms with Crippen molar-refractivity contribution in [2.75, 3.05) is 0 Å². The Bertz CT molecular complexity index is 821. The Balaban J connectivity index is 2.51. The molecule has 0 spiro atoms. The third kappa shape index (κ3) is 3.67. The van der Waals surface area contributed by atoms with Crippen LogP contribution in [0.2, 0.25) is 0 Å². The van der Waals surface area contributed by atoms with Gasteiger partial charge in [0.2, 0.25) is 5.91 Å². The summed E-state index contributed by atoms with van der Waals surface area (Å²) in [5, 5.41) is 3.90. The van der Waals surface area contributed by atoms with Crippen LogP contribution < -0.4 is 10.9 Å². The van der Waals surface area contributed by atoms with Crippen molar-refractivity contribution in [3.05, 3.63) is 20.8 Å². The number of thioether (sulfide) groups is 1. The molecule has 0 aliphatic carbocycles. The second-order valence-electron chi connectivity index (χ2n) is 6.55. The van der Waals surface area contributed by atoms with E-state index in [9.17, 15) is 9.59 Å². The molecule has 2 aromatic heterocycles. The normalized spacial score (nSPS) is 13.0. The molecule has 0 aliphatic heterocycles. The summed E-state index contributed by atoms with van der Waals surface area (Å²) in [5.41, 5.74) is 0.986. The zero-order valence-electron chi connectivity index (χ0n) is 15.3. The van der Waals surface area contributed by atoms with Gasteiger partial charge >= 0.3 is 0 Å². The number of nitrogens with zero attached hydrogens (tertiary/aromatic N) is 2. The second-order valence-corrected chi connectivity index (χ2v) is 9.06. The summed E-state index contributed by atoms with van der Waals surface area (Å²) in [7, 11) is 0. The van der Waals surface area contributed by atoms with Gasteiger partial charge in [-0.25, -0.2) is 4.98 Å². The molecule has 0 saturated heterocycles. The van der Waals surface area contributed by atoms with Crippen LogP contribution in [0.25, 0.3) is 10.2 Å². The van der Waals surface area contributed by atoms with Crippen molar-refractivity contribution in [2.45, 2.75) is 71.0 Å². The molecule has 2 rings (SSSR count). The van der Waals surface area contributed by atoms with Crippen LogP contribution in [-0.2, 0) is 4.79 Å². The number of amides is 1. The molecule has 1 amide bonds. The fourth-order valence-corrected chi connectivity index (χ4v) is 4.56. The molecule has 24 heavy (non-hydrogen) atoms. The lowest BCUT2D eigenvalue weighted by molar-refractivity contribution is -0.120. The monoisotopic (exact) mass is 367 g/mol. The van der Waals surface area contributed by atoms with Crippen molar-refractivity contribution >= 4 is 39.2 Å². The SMILES string of the molecule is Cc1sc2nc(SC(C)C(=O)NC(C)C)n(C(C)C)c(=O)c2c1C. The molecule has 5 nitrogen and oxygen atoms in total. The molecule has 2 heterocycles. The minimum absolute atomic E-state index is 0.0168. The largest absolute Gasteiger partial charge is 0.353 e. The van der Waals surface area contributed by atoms with Crippen molar-refractivity contribution in [2.24, 2.45) is 0 Å². The number of fused-ring (bicyclic) bond motifs is 1. The molecule has 0 radical (unpaired) electrons. The first-order valence-corrected chi connectivity index (χ1v) is 9.82. The highest BCUT2D eigenvalue weighted by atomic mass is 32.2. The van der Waals surface area contributed by atoms with Crippen LogP contribution in [0.3, 0.4) is 0 Å². The van der Waals surface area contributed by atoms with Gasteiger partial charge in [-0.2, -0.15) is 0 Å². The molecule has 1 unspecified atom stereocenters. The Morgan fingerprint density at radius 1 is 1.21 bits per heavy atom. The van der Waals surface area contributed by atoms with Crippen LogP contribution in [0.1, 0.15) is 51.1 Å². The Hall–Kier alpha value is -1.34. The highest BCUT2D eigenvalue weighted by molar-refractivity contribution is 8.00. The number of nitrogens with one attached hydrogen (secondary N) is 1. The first-order chi connectivity index (χ1) is 11.1. The van der Waals surface area contributed by atoms with E-state index in [1.54, 1.807) is 4.57 Å². The summed E-state index contributed by atoms with van der Waals surface area (Å²) in [6.45, 7) is 13.6. The molecule has 1 atom stereocenters. The zero-order valence-corrected chi connectivity index (χ0v) is 16.9. The van der Waals surface area contributed by atoms with Crippen molar-refractivity contribution < 1.29 is 4.79 Å². The fraction of sp³-hybridized carbons (Fsp3) is 0.588. The van der Waals surface area contributed by atoms with E-state index < -0.39 is 0 Å². The average molecular weight is 368 g/mol. The lowest BCUT2D eigenvalue weighted by atomic mass is 10.2.